The quantitative estimate of drug-likeness (QED) is 0.602. The van der Waals surface area contributed by atoms with E-state index < -0.39 is 12.6 Å². The molecular weight excluding hydrogens is 386 g/mol. The summed E-state index contributed by atoms with van der Waals surface area (Å²) < 4.78 is 15.3. The summed E-state index contributed by atoms with van der Waals surface area (Å²) in [4.78, 5) is 26.1. The highest BCUT2D eigenvalue weighted by molar-refractivity contribution is 5.94. The molecule has 156 valence electrons. The molecule has 0 spiro atoms. The first-order valence-corrected chi connectivity index (χ1v) is 9.26. The number of para-hydroxylation sites is 1. The monoisotopic (exact) mass is 409 g/mol. The first-order chi connectivity index (χ1) is 14.4. The van der Waals surface area contributed by atoms with Crippen molar-refractivity contribution in [1.82, 2.24) is 4.90 Å². The number of aromatic hydroxyl groups is 1. The highest BCUT2D eigenvalue weighted by atomic mass is 16.5. The molecule has 3 rings (SSSR count). The Bertz CT molecular complexity index is 1080. The van der Waals surface area contributed by atoms with Gasteiger partial charge in [0.2, 0.25) is 0 Å². The molecule has 0 radical (unpaired) electrons. The van der Waals surface area contributed by atoms with E-state index in [1.165, 1.54) is 24.1 Å². The van der Waals surface area contributed by atoms with Crippen LogP contribution in [0.25, 0.3) is 10.8 Å². The average Bonchev–Trinajstić information content (AvgIpc) is 2.76. The molecule has 0 aliphatic rings. The normalized spacial score (nSPS) is 10.5. The first-order valence-electron chi connectivity index (χ1n) is 9.26. The second kappa shape index (κ2) is 9.17. The SMILES string of the molecule is COc1ccc2cc(CN(C)C(=O)COC(=O)c3cccc(OC)c3O)ccc2c1. The number of carbonyl (C=O) groups excluding carboxylic acids is 2. The first kappa shape index (κ1) is 21.0. The molecule has 1 N–H and O–H groups in total. The van der Waals surface area contributed by atoms with E-state index in [0.29, 0.717) is 6.54 Å². The number of benzene rings is 3. The number of fused-ring (bicyclic) bond motifs is 1. The van der Waals surface area contributed by atoms with Crippen LogP contribution in [0.1, 0.15) is 15.9 Å². The molecule has 0 aliphatic heterocycles. The maximum absolute atomic E-state index is 12.4. The van der Waals surface area contributed by atoms with Gasteiger partial charge in [-0.2, -0.15) is 0 Å². The second-order valence-electron chi connectivity index (χ2n) is 6.73. The lowest BCUT2D eigenvalue weighted by molar-refractivity contribution is -0.133. The van der Waals surface area contributed by atoms with Crippen LogP contribution in [0.2, 0.25) is 0 Å². The summed E-state index contributed by atoms with van der Waals surface area (Å²) in [5.74, 6) is -0.541. The van der Waals surface area contributed by atoms with Gasteiger partial charge in [-0.1, -0.05) is 24.3 Å². The van der Waals surface area contributed by atoms with E-state index >= 15 is 0 Å². The van der Waals surface area contributed by atoms with Crippen molar-refractivity contribution in [3.63, 3.8) is 0 Å². The largest absolute Gasteiger partial charge is 0.504 e. The summed E-state index contributed by atoms with van der Waals surface area (Å²) in [7, 11) is 4.64. The fraction of sp³-hybridized carbons (Fsp3) is 0.217. The number of hydrogen-bond donors (Lipinski definition) is 1. The van der Waals surface area contributed by atoms with E-state index in [4.69, 9.17) is 14.2 Å². The van der Waals surface area contributed by atoms with Gasteiger partial charge < -0.3 is 24.2 Å². The van der Waals surface area contributed by atoms with E-state index in [9.17, 15) is 14.7 Å². The molecule has 0 bridgehead atoms. The number of carbonyl (C=O) groups is 2. The molecule has 7 heteroatoms. The van der Waals surface area contributed by atoms with E-state index in [1.807, 2.05) is 36.4 Å². The third-order valence-corrected chi connectivity index (χ3v) is 4.72. The van der Waals surface area contributed by atoms with Crippen molar-refractivity contribution in [3.8, 4) is 17.2 Å². The van der Waals surface area contributed by atoms with Crippen LogP contribution in [-0.4, -0.2) is 49.8 Å². The Morgan fingerprint density at radius 1 is 0.967 bits per heavy atom. The Hall–Kier alpha value is -3.74. The van der Waals surface area contributed by atoms with Crippen molar-refractivity contribution in [1.29, 1.82) is 0 Å². The lowest BCUT2D eigenvalue weighted by Crippen LogP contribution is -2.30. The number of esters is 1. The van der Waals surface area contributed by atoms with Crippen molar-refractivity contribution in [3.05, 3.63) is 65.7 Å². The Labute approximate surface area is 174 Å². The van der Waals surface area contributed by atoms with E-state index in [-0.39, 0.29) is 23.0 Å². The molecule has 3 aromatic rings. The van der Waals surface area contributed by atoms with E-state index in [2.05, 4.69) is 0 Å². The molecule has 0 fully saturated rings. The van der Waals surface area contributed by atoms with Crippen molar-refractivity contribution in [2.45, 2.75) is 6.54 Å². The molecule has 0 heterocycles. The van der Waals surface area contributed by atoms with Gasteiger partial charge in [0.05, 0.1) is 14.2 Å². The van der Waals surface area contributed by atoms with Crippen LogP contribution < -0.4 is 9.47 Å². The standard InChI is InChI=1S/C23H23NO6/c1-24(13-15-7-8-17-12-18(28-2)10-9-16(17)11-15)21(25)14-30-23(27)19-5-4-6-20(29-3)22(19)26/h4-12,26H,13-14H2,1-3H3. The Kier molecular flexibility index (Phi) is 6.41. The van der Waals surface area contributed by atoms with Crippen molar-refractivity contribution in [2.24, 2.45) is 0 Å². The van der Waals surface area contributed by atoms with Crippen molar-refractivity contribution >= 4 is 22.6 Å². The fourth-order valence-corrected chi connectivity index (χ4v) is 3.03. The van der Waals surface area contributed by atoms with Gasteiger partial charge in [-0.05, 0) is 46.7 Å². The number of ether oxygens (including phenoxy) is 3. The summed E-state index contributed by atoms with van der Waals surface area (Å²) >= 11 is 0. The van der Waals surface area contributed by atoms with E-state index in [1.54, 1.807) is 20.2 Å². The van der Waals surface area contributed by atoms with Crippen LogP contribution in [0, 0.1) is 0 Å². The number of phenols is 1. The van der Waals surface area contributed by atoms with Gasteiger partial charge >= 0.3 is 5.97 Å². The van der Waals surface area contributed by atoms with Crippen LogP contribution in [0.3, 0.4) is 0 Å². The molecule has 0 aromatic heterocycles. The number of hydrogen-bond acceptors (Lipinski definition) is 6. The molecule has 0 saturated heterocycles. The van der Waals surface area contributed by atoms with Crippen LogP contribution in [0.15, 0.2) is 54.6 Å². The van der Waals surface area contributed by atoms with Crippen LogP contribution in [-0.2, 0) is 16.1 Å². The fourth-order valence-electron chi connectivity index (χ4n) is 3.03. The van der Waals surface area contributed by atoms with Gasteiger partial charge in [-0.3, -0.25) is 4.79 Å². The summed E-state index contributed by atoms with van der Waals surface area (Å²) in [6.45, 7) is -0.0699. The highest BCUT2D eigenvalue weighted by Crippen LogP contribution is 2.29. The predicted octanol–water partition coefficient (Wildman–Crippen LogP) is 3.38. The molecule has 30 heavy (non-hydrogen) atoms. The molecule has 1 amide bonds. The van der Waals surface area contributed by atoms with Crippen LogP contribution in [0.5, 0.6) is 17.2 Å². The molecule has 0 saturated carbocycles. The van der Waals surface area contributed by atoms with Gasteiger partial charge in [0, 0.05) is 13.6 Å². The Morgan fingerprint density at radius 2 is 1.70 bits per heavy atom. The molecule has 3 aromatic carbocycles. The lowest BCUT2D eigenvalue weighted by Gasteiger charge is -2.18. The van der Waals surface area contributed by atoms with Crippen LogP contribution >= 0.6 is 0 Å². The zero-order valence-electron chi connectivity index (χ0n) is 17.0. The Balaban J connectivity index is 1.61. The van der Waals surface area contributed by atoms with Gasteiger partial charge in [0.15, 0.2) is 18.1 Å². The van der Waals surface area contributed by atoms with Gasteiger partial charge in [-0.15, -0.1) is 0 Å². The van der Waals surface area contributed by atoms with Gasteiger partial charge in [-0.25, -0.2) is 4.79 Å². The van der Waals surface area contributed by atoms with Crippen LogP contribution in [0.4, 0.5) is 0 Å². The molecule has 0 atom stereocenters. The van der Waals surface area contributed by atoms with Crippen molar-refractivity contribution < 1.29 is 28.9 Å². The summed E-state index contributed by atoms with van der Waals surface area (Å²) in [5, 5.41) is 12.1. The smallest absolute Gasteiger partial charge is 0.342 e. The summed E-state index contributed by atoms with van der Waals surface area (Å²) in [6.07, 6.45) is 0. The minimum atomic E-state index is -0.798. The number of nitrogens with zero attached hydrogens (tertiary/aromatic N) is 1. The minimum Gasteiger partial charge on any atom is -0.504 e. The maximum Gasteiger partial charge on any atom is 0.342 e. The van der Waals surface area contributed by atoms with E-state index in [0.717, 1.165) is 22.1 Å². The third-order valence-electron chi connectivity index (χ3n) is 4.72. The topological polar surface area (TPSA) is 85.3 Å². The van der Waals surface area contributed by atoms with Gasteiger partial charge in [0.1, 0.15) is 11.3 Å². The number of amides is 1. The summed E-state index contributed by atoms with van der Waals surface area (Å²) in [5.41, 5.74) is 0.884. The van der Waals surface area contributed by atoms with Gasteiger partial charge in [0.25, 0.3) is 5.91 Å². The number of likely N-dealkylation sites (N-methyl/N-ethyl adjacent to an activating group) is 1. The highest BCUT2D eigenvalue weighted by Gasteiger charge is 2.18. The third kappa shape index (κ3) is 4.63. The number of phenolic OH excluding ortho intramolecular Hbond substituents is 1. The zero-order chi connectivity index (χ0) is 21.7. The average molecular weight is 409 g/mol. The molecule has 0 unspecified atom stereocenters. The number of rotatable bonds is 7. The Morgan fingerprint density at radius 3 is 2.43 bits per heavy atom. The zero-order valence-corrected chi connectivity index (χ0v) is 17.0. The molecule has 7 nitrogen and oxygen atoms in total. The summed E-state index contributed by atoms with van der Waals surface area (Å²) in [6, 6.07) is 16.2. The maximum atomic E-state index is 12.4. The molecular formula is C23H23NO6. The van der Waals surface area contributed by atoms with Crippen molar-refractivity contribution in [2.75, 3.05) is 27.9 Å². The minimum absolute atomic E-state index is 0.0604. The number of methoxy groups -OCH3 is 2. The lowest BCUT2D eigenvalue weighted by atomic mass is 10.1. The second-order valence-corrected chi connectivity index (χ2v) is 6.73. The molecule has 0 aliphatic carbocycles. The predicted molar refractivity (Wildman–Crippen MR) is 112 cm³/mol.